The molecule has 158 valence electrons. The molecule has 6 nitrogen and oxygen atoms in total. The van der Waals surface area contributed by atoms with Gasteiger partial charge < -0.3 is 20.0 Å². The van der Waals surface area contributed by atoms with Gasteiger partial charge in [0, 0.05) is 40.3 Å². The third-order valence-electron chi connectivity index (χ3n) is 4.22. The summed E-state index contributed by atoms with van der Waals surface area (Å²) in [5.74, 6) is -0.540. The van der Waals surface area contributed by atoms with Gasteiger partial charge in [0.1, 0.15) is 12.4 Å². The Bertz CT molecular complexity index is 678. The Morgan fingerprint density at radius 2 is 1.82 bits per heavy atom. The summed E-state index contributed by atoms with van der Waals surface area (Å²) in [6.07, 6.45) is -4.44. The highest BCUT2D eigenvalue weighted by Crippen LogP contribution is 2.20. The van der Waals surface area contributed by atoms with Crippen LogP contribution >= 0.6 is 24.0 Å². The number of carbonyl (C=O) groups excluding carboxylic acids is 1. The molecule has 11 heteroatoms. The maximum Gasteiger partial charge on any atom is 0.406 e. The third-order valence-corrected chi connectivity index (χ3v) is 4.22. The van der Waals surface area contributed by atoms with Crippen LogP contribution in [0.25, 0.3) is 0 Å². The molecule has 1 amide bonds. The predicted molar refractivity (Wildman–Crippen MR) is 111 cm³/mol. The van der Waals surface area contributed by atoms with Crippen molar-refractivity contribution >= 4 is 41.5 Å². The number of para-hydroxylation sites is 1. The molecule has 1 aliphatic rings. The second-order valence-electron chi connectivity index (χ2n) is 6.19. The number of piperazine rings is 1. The van der Waals surface area contributed by atoms with Gasteiger partial charge in [-0.2, -0.15) is 13.2 Å². The van der Waals surface area contributed by atoms with E-state index in [4.69, 9.17) is 0 Å². The van der Waals surface area contributed by atoms with Gasteiger partial charge in [-0.25, -0.2) is 4.39 Å². The molecule has 1 saturated heterocycles. The summed E-state index contributed by atoms with van der Waals surface area (Å²) >= 11 is 0. The number of alkyl halides is 3. The molecular weight excluding hydrogens is 493 g/mol. The largest absolute Gasteiger partial charge is 0.406 e. The van der Waals surface area contributed by atoms with E-state index in [0.717, 1.165) is 7.05 Å². The summed E-state index contributed by atoms with van der Waals surface area (Å²) in [6, 6.07) is 6.53. The van der Waals surface area contributed by atoms with Crippen LogP contribution in [0.5, 0.6) is 0 Å². The van der Waals surface area contributed by atoms with Crippen LogP contribution in [-0.4, -0.2) is 81.2 Å². The van der Waals surface area contributed by atoms with E-state index in [1.807, 2.05) is 9.80 Å². The number of hydrogen-bond acceptors (Lipinski definition) is 3. The minimum Gasteiger partial charge on any atom is -0.366 e. The Kier molecular flexibility index (Phi) is 9.24. The summed E-state index contributed by atoms with van der Waals surface area (Å²) < 4.78 is 50.9. The number of benzene rings is 1. The molecule has 0 aliphatic carbocycles. The first kappa shape index (κ1) is 24.2. The fourth-order valence-electron chi connectivity index (χ4n) is 2.85. The number of halogens is 5. The van der Waals surface area contributed by atoms with Crippen molar-refractivity contribution in [3.63, 3.8) is 0 Å². The molecule has 1 aromatic carbocycles. The lowest BCUT2D eigenvalue weighted by Gasteiger charge is -2.37. The number of rotatable bonds is 4. The standard InChI is InChI=1S/C17H23F4N5O.HI/c1-22-16(23-11-15(27)24(2)12-17(19,20)21)26-9-7-25(8-10-26)14-6-4-3-5-13(14)18;/h3-6H,7-12H2,1-2H3,(H,22,23);1H. The van der Waals surface area contributed by atoms with Crippen molar-refractivity contribution in [3.05, 3.63) is 30.1 Å². The van der Waals surface area contributed by atoms with Gasteiger partial charge in [0.15, 0.2) is 5.96 Å². The number of carbonyl (C=O) groups is 1. The Morgan fingerprint density at radius 1 is 1.21 bits per heavy atom. The van der Waals surface area contributed by atoms with Crippen LogP contribution in [0.1, 0.15) is 0 Å². The number of amides is 1. The number of guanidine groups is 1. The Hall–Kier alpha value is -1.79. The minimum absolute atomic E-state index is 0. The third kappa shape index (κ3) is 6.99. The number of aliphatic imine (C=N–C) groups is 1. The summed E-state index contributed by atoms with van der Waals surface area (Å²) in [4.78, 5) is 20.3. The zero-order valence-corrected chi connectivity index (χ0v) is 18.0. The highest BCUT2D eigenvalue weighted by Gasteiger charge is 2.31. The van der Waals surface area contributed by atoms with E-state index in [1.54, 1.807) is 18.2 Å². The summed E-state index contributed by atoms with van der Waals surface area (Å²) in [7, 11) is 2.64. The van der Waals surface area contributed by atoms with Crippen LogP contribution in [0.3, 0.4) is 0 Å². The van der Waals surface area contributed by atoms with Crippen molar-refractivity contribution < 1.29 is 22.4 Å². The van der Waals surface area contributed by atoms with Crippen LogP contribution < -0.4 is 10.2 Å². The molecule has 0 unspecified atom stereocenters. The molecule has 1 fully saturated rings. The highest BCUT2D eigenvalue weighted by atomic mass is 127. The average Bonchev–Trinajstić information content (AvgIpc) is 2.61. The van der Waals surface area contributed by atoms with Crippen molar-refractivity contribution in [2.75, 3.05) is 58.3 Å². The van der Waals surface area contributed by atoms with E-state index < -0.39 is 18.6 Å². The van der Waals surface area contributed by atoms with Crippen molar-refractivity contribution in [1.29, 1.82) is 0 Å². The first-order chi connectivity index (χ1) is 12.7. The quantitative estimate of drug-likeness (QED) is 0.288. The molecule has 0 bridgehead atoms. The second kappa shape index (κ2) is 10.7. The zero-order chi connectivity index (χ0) is 20.0. The topological polar surface area (TPSA) is 51.2 Å². The first-order valence-electron chi connectivity index (χ1n) is 8.47. The van der Waals surface area contributed by atoms with Crippen LogP contribution in [0, 0.1) is 5.82 Å². The normalized spacial score (nSPS) is 15.1. The predicted octanol–water partition coefficient (Wildman–Crippen LogP) is 2.16. The lowest BCUT2D eigenvalue weighted by atomic mass is 10.2. The molecule has 0 spiro atoms. The lowest BCUT2D eigenvalue weighted by molar-refractivity contribution is -0.157. The highest BCUT2D eigenvalue weighted by molar-refractivity contribution is 14.0. The fraction of sp³-hybridized carbons (Fsp3) is 0.529. The van der Waals surface area contributed by atoms with Crippen LogP contribution in [0.2, 0.25) is 0 Å². The molecule has 1 N–H and O–H groups in total. The molecule has 2 rings (SSSR count). The fourth-order valence-corrected chi connectivity index (χ4v) is 2.85. The molecular formula is C17H24F4IN5O. The van der Waals surface area contributed by atoms with E-state index in [2.05, 4.69) is 10.3 Å². The number of nitrogens with zero attached hydrogens (tertiary/aromatic N) is 4. The van der Waals surface area contributed by atoms with Gasteiger partial charge >= 0.3 is 6.18 Å². The number of hydrogen-bond donors (Lipinski definition) is 1. The number of likely N-dealkylation sites (N-methyl/N-ethyl adjacent to an activating group) is 1. The minimum atomic E-state index is -4.44. The molecule has 0 saturated carbocycles. The van der Waals surface area contributed by atoms with E-state index >= 15 is 0 Å². The first-order valence-corrected chi connectivity index (χ1v) is 8.47. The van der Waals surface area contributed by atoms with Crippen molar-refractivity contribution in [2.24, 2.45) is 4.99 Å². The summed E-state index contributed by atoms with van der Waals surface area (Å²) in [5.41, 5.74) is 0.532. The number of nitrogens with one attached hydrogen (secondary N) is 1. The molecule has 1 aromatic rings. The molecule has 0 radical (unpaired) electrons. The van der Waals surface area contributed by atoms with E-state index in [9.17, 15) is 22.4 Å². The van der Waals surface area contributed by atoms with Gasteiger partial charge in [-0.1, -0.05) is 12.1 Å². The monoisotopic (exact) mass is 517 g/mol. The van der Waals surface area contributed by atoms with Crippen molar-refractivity contribution in [1.82, 2.24) is 15.1 Å². The van der Waals surface area contributed by atoms with Crippen LogP contribution in [-0.2, 0) is 4.79 Å². The van der Waals surface area contributed by atoms with Gasteiger partial charge in [0.2, 0.25) is 5.91 Å². The molecule has 1 heterocycles. The number of anilines is 1. The summed E-state index contributed by atoms with van der Waals surface area (Å²) in [6.45, 7) is 0.620. The van der Waals surface area contributed by atoms with Crippen LogP contribution in [0.15, 0.2) is 29.3 Å². The van der Waals surface area contributed by atoms with Crippen LogP contribution in [0.4, 0.5) is 23.2 Å². The second-order valence-corrected chi connectivity index (χ2v) is 6.19. The van der Waals surface area contributed by atoms with Crippen molar-refractivity contribution in [3.8, 4) is 0 Å². The van der Waals surface area contributed by atoms with Gasteiger partial charge in [0.25, 0.3) is 0 Å². The van der Waals surface area contributed by atoms with Gasteiger partial charge in [0.05, 0.1) is 12.2 Å². The van der Waals surface area contributed by atoms with E-state index in [1.165, 1.54) is 13.1 Å². The molecule has 0 aromatic heterocycles. The van der Waals surface area contributed by atoms with Gasteiger partial charge in [-0.05, 0) is 12.1 Å². The van der Waals surface area contributed by atoms with Gasteiger partial charge in [-0.3, -0.25) is 9.79 Å². The maximum absolute atomic E-state index is 13.9. The lowest BCUT2D eigenvalue weighted by Crippen LogP contribution is -2.54. The maximum atomic E-state index is 13.9. The summed E-state index contributed by atoms with van der Waals surface area (Å²) in [5, 5.41) is 2.80. The van der Waals surface area contributed by atoms with E-state index in [-0.39, 0.29) is 36.3 Å². The van der Waals surface area contributed by atoms with E-state index in [0.29, 0.717) is 42.7 Å². The Morgan fingerprint density at radius 3 is 2.36 bits per heavy atom. The average molecular weight is 517 g/mol. The molecule has 1 aliphatic heterocycles. The SMILES string of the molecule is CN=C(NCC(=O)N(C)CC(F)(F)F)N1CCN(c2ccccc2F)CC1.I. The Balaban J connectivity index is 0.00000392. The molecule has 28 heavy (non-hydrogen) atoms. The zero-order valence-electron chi connectivity index (χ0n) is 15.7. The smallest absolute Gasteiger partial charge is 0.366 e. The van der Waals surface area contributed by atoms with Gasteiger partial charge in [-0.15, -0.1) is 24.0 Å². The molecule has 0 atom stereocenters. The Labute approximate surface area is 178 Å². The van der Waals surface area contributed by atoms with Crippen molar-refractivity contribution in [2.45, 2.75) is 6.18 Å².